The highest BCUT2D eigenvalue weighted by Crippen LogP contribution is 2.15. The van der Waals surface area contributed by atoms with Gasteiger partial charge >= 0.3 is 0 Å². The number of guanidine groups is 1. The van der Waals surface area contributed by atoms with Crippen LogP contribution in [0.3, 0.4) is 0 Å². The first-order valence-electron chi connectivity index (χ1n) is 7.21. The van der Waals surface area contributed by atoms with Crippen molar-refractivity contribution in [2.75, 3.05) is 32.8 Å². The predicted molar refractivity (Wildman–Crippen MR) is 104 cm³/mol. The standard InChI is InChI=1S/C15H23BrFN3O.HI/c1-3-18-15(20-9-10-21-4-2)19-8-7-12-11-13(16)5-6-14(12)17;/h5-6,11H,3-4,7-10H2,1-2H3,(H2,18,19,20);1H. The first-order chi connectivity index (χ1) is 10.2. The van der Waals surface area contributed by atoms with Crippen molar-refractivity contribution in [2.24, 2.45) is 4.99 Å². The van der Waals surface area contributed by atoms with Crippen LogP contribution >= 0.6 is 39.9 Å². The van der Waals surface area contributed by atoms with Crippen LogP contribution in [0.4, 0.5) is 4.39 Å². The molecule has 0 spiro atoms. The Labute approximate surface area is 157 Å². The van der Waals surface area contributed by atoms with Gasteiger partial charge in [0.1, 0.15) is 5.82 Å². The number of hydrogen-bond acceptors (Lipinski definition) is 2. The molecule has 2 N–H and O–H groups in total. The number of rotatable bonds is 8. The second kappa shape index (κ2) is 13.1. The van der Waals surface area contributed by atoms with Crippen LogP contribution in [0.25, 0.3) is 0 Å². The van der Waals surface area contributed by atoms with Gasteiger partial charge in [0.05, 0.1) is 13.2 Å². The van der Waals surface area contributed by atoms with E-state index >= 15 is 0 Å². The predicted octanol–water partition coefficient (Wildman–Crippen LogP) is 3.34. The lowest BCUT2D eigenvalue weighted by atomic mass is 10.1. The summed E-state index contributed by atoms with van der Waals surface area (Å²) >= 11 is 3.35. The molecule has 0 fully saturated rings. The van der Waals surface area contributed by atoms with Crippen molar-refractivity contribution in [1.29, 1.82) is 0 Å². The summed E-state index contributed by atoms with van der Waals surface area (Å²) < 4.78 is 19.8. The first kappa shape index (κ1) is 21.6. The number of nitrogens with one attached hydrogen (secondary N) is 2. The molecule has 0 aromatic heterocycles. The van der Waals surface area contributed by atoms with Crippen molar-refractivity contribution >= 4 is 45.9 Å². The molecule has 126 valence electrons. The van der Waals surface area contributed by atoms with Crippen LogP contribution in [0.1, 0.15) is 19.4 Å². The molecule has 0 unspecified atom stereocenters. The lowest BCUT2D eigenvalue weighted by molar-refractivity contribution is 0.155. The maximum atomic E-state index is 13.6. The highest BCUT2D eigenvalue weighted by Gasteiger charge is 2.03. The largest absolute Gasteiger partial charge is 0.380 e. The van der Waals surface area contributed by atoms with E-state index in [9.17, 15) is 4.39 Å². The summed E-state index contributed by atoms with van der Waals surface area (Å²) in [5, 5.41) is 6.35. The zero-order valence-corrected chi connectivity index (χ0v) is 16.9. The van der Waals surface area contributed by atoms with Gasteiger partial charge < -0.3 is 15.4 Å². The van der Waals surface area contributed by atoms with Gasteiger partial charge in [-0.2, -0.15) is 0 Å². The third-order valence-corrected chi connectivity index (χ3v) is 3.24. The van der Waals surface area contributed by atoms with E-state index in [1.807, 2.05) is 13.8 Å². The molecule has 0 aliphatic heterocycles. The summed E-state index contributed by atoms with van der Waals surface area (Å²) in [7, 11) is 0. The fourth-order valence-electron chi connectivity index (χ4n) is 1.76. The normalized spacial score (nSPS) is 11.0. The van der Waals surface area contributed by atoms with Gasteiger partial charge in [0.15, 0.2) is 5.96 Å². The van der Waals surface area contributed by atoms with E-state index in [4.69, 9.17) is 4.74 Å². The fourth-order valence-corrected chi connectivity index (χ4v) is 2.17. The average molecular weight is 488 g/mol. The molecular weight excluding hydrogens is 464 g/mol. The van der Waals surface area contributed by atoms with Crippen LogP contribution in [0, 0.1) is 5.82 Å². The molecular formula is C15H24BrFIN3O. The number of hydrogen-bond donors (Lipinski definition) is 2. The van der Waals surface area contributed by atoms with E-state index in [0.717, 1.165) is 17.0 Å². The molecule has 4 nitrogen and oxygen atoms in total. The number of ether oxygens (including phenoxy) is 1. The Balaban J connectivity index is 0.00000441. The number of halogens is 3. The van der Waals surface area contributed by atoms with Crippen LogP contribution in [-0.2, 0) is 11.2 Å². The van der Waals surface area contributed by atoms with Gasteiger partial charge in [-0.25, -0.2) is 4.39 Å². The molecule has 7 heteroatoms. The van der Waals surface area contributed by atoms with Crippen molar-refractivity contribution in [2.45, 2.75) is 20.3 Å². The van der Waals surface area contributed by atoms with Gasteiger partial charge in [-0.15, -0.1) is 24.0 Å². The van der Waals surface area contributed by atoms with Crippen molar-refractivity contribution in [3.63, 3.8) is 0 Å². The van der Waals surface area contributed by atoms with Crippen molar-refractivity contribution in [3.05, 3.63) is 34.1 Å². The molecule has 0 atom stereocenters. The summed E-state index contributed by atoms with van der Waals surface area (Å²) in [4.78, 5) is 4.39. The summed E-state index contributed by atoms with van der Waals surface area (Å²) in [6, 6.07) is 4.97. The van der Waals surface area contributed by atoms with Gasteiger partial charge in [-0.1, -0.05) is 15.9 Å². The minimum Gasteiger partial charge on any atom is -0.380 e. The smallest absolute Gasteiger partial charge is 0.191 e. The van der Waals surface area contributed by atoms with Crippen LogP contribution in [0.5, 0.6) is 0 Å². The van der Waals surface area contributed by atoms with E-state index in [2.05, 4.69) is 31.6 Å². The van der Waals surface area contributed by atoms with E-state index in [1.54, 1.807) is 12.1 Å². The molecule has 0 saturated carbocycles. The first-order valence-corrected chi connectivity index (χ1v) is 8.00. The molecule has 0 aliphatic rings. The molecule has 1 aromatic rings. The number of benzene rings is 1. The minimum atomic E-state index is -0.182. The van der Waals surface area contributed by atoms with Gasteiger partial charge in [-0.05, 0) is 44.0 Å². The molecule has 1 aromatic carbocycles. The lowest BCUT2D eigenvalue weighted by Gasteiger charge is -2.11. The monoisotopic (exact) mass is 487 g/mol. The summed E-state index contributed by atoms with van der Waals surface area (Å²) in [5.74, 6) is 0.547. The summed E-state index contributed by atoms with van der Waals surface area (Å²) in [5.41, 5.74) is 0.682. The Bertz CT molecular complexity index is 460. The topological polar surface area (TPSA) is 45.7 Å². The third-order valence-electron chi connectivity index (χ3n) is 2.75. The van der Waals surface area contributed by atoms with Gasteiger partial charge in [0, 0.05) is 24.2 Å². The van der Waals surface area contributed by atoms with Crippen LogP contribution in [0.15, 0.2) is 27.7 Å². The zero-order chi connectivity index (χ0) is 15.5. The van der Waals surface area contributed by atoms with Gasteiger partial charge in [0.25, 0.3) is 0 Å². The van der Waals surface area contributed by atoms with Gasteiger partial charge in [-0.3, -0.25) is 4.99 Å². The van der Waals surface area contributed by atoms with Crippen molar-refractivity contribution in [3.8, 4) is 0 Å². The molecule has 0 radical (unpaired) electrons. The zero-order valence-electron chi connectivity index (χ0n) is 13.0. The van der Waals surface area contributed by atoms with Gasteiger partial charge in [0.2, 0.25) is 0 Å². The molecule has 0 bridgehead atoms. The average Bonchev–Trinajstić information content (AvgIpc) is 2.47. The maximum Gasteiger partial charge on any atom is 0.191 e. The van der Waals surface area contributed by atoms with Crippen LogP contribution in [0.2, 0.25) is 0 Å². The summed E-state index contributed by atoms with van der Waals surface area (Å²) in [6.07, 6.45) is 0.598. The van der Waals surface area contributed by atoms with Crippen LogP contribution in [-0.4, -0.2) is 38.8 Å². The Morgan fingerprint density at radius 1 is 1.32 bits per heavy atom. The van der Waals surface area contributed by atoms with Crippen molar-refractivity contribution in [1.82, 2.24) is 10.6 Å². The molecule has 0 amide bonds. The van der Waals surface area contributed by atoms with Crippen molar-refractivity contribution < 1.29 is 9.13 Å². The maximum absolute atomic E-state index is 13.6. The quantitative estimate of drug-likeness (QED) is 0.256. The molecule has 1 rings (SSSR count). The number of aliphatic imine (C=N–C) groups is 1. The van der Waals surface area contributed by atoms with E-state index in [1.165, 1.54) is 6.07 Å². The van der Waals surface area contributed by atoms with E-state index in [0.29, 0.717) is 38.3 Å². The minimum absolute atomic E-state index is 0. The Hall–Kier alpha value is -0.410. The summed E-state index contributed by atoms with van der Waals surface area (Å²) in [6.45, 7) is 7.27. The SMILES string of the molecule is CCNC(=NCCOCC)NCCc1cc(Br)ccc1F.I. The molecule has 22 heavy (non-hydrogen) atoms. The lowest BCUT2D eigenvalue weighted by Crippen LogP contribution is -2.38. The Kier molecular flexibility index (Phi) is 12.8. The van der Waals surface area contributed by atoms with E-state index in [-0.39, 0.29) is 29.8 Å². The molecule has 0 heterocycles. The highest BCUT2D eigenvalue weighted by atomic mass is 127. The second-order valence-electron chi connectivity index (χ2n) is 4.37. The van der Waals surface area contributed by atoms with E-state index < -0.39 is 0 Å². The Morgan fingerprint density at radius 3 is 2.77 bits per heavy atom. The number of nitrogens with zero attached hydrogens (tertiary/aromatic N) is 1. The molecule has 0 saturated heterocycles. The molecule has 0 aliphatic carbocycles. The fraction of sp³-hybridized carbons (Fsp3) is 0.533. The Morgan fingerprint density at radius 2 is 2.09 bits per heavy atom. The van der Waals surface area contributed by atoms with Crippen LogP contribution < -0.4 is 10.6 Å². The highest BCUT2D eigenvalue weighted by molar-refractivity contribution is 14.0. The third kappa shape index (κ3) is 8.89. The second-order valence-corrected chi connectivity index (χ2v) is 5.29.